The predicted molar refractivity (Wildman–Crippen MR) is 60.8 cm³/mol. The topological polar surface area (TPSA) is 17.8 Å². The van der Waals surface area contributed by atoms with Gasteiger partial charge in [0.25, 0.3) is 0 Å². The molecule has 1 rings (SSSR count). The van der Waals surface area contributed by atoms with E-state index >= 15 is 0 Å². The standard InChI is InChI=1S/C11H19ClN2/c1-4-10-8-11(14(3)13-10)7-5-6-9(2)12/h8-9H,4-7H2,1-3H3. The second-order valence-corrected chi connectivity index (χ2v) is 4.52. The number of halogens is 1. The van der Waals surface area contributed by atoms with E-state index < -0.39 is 0 Å². The van der Waals surface area contributed by atoms with E-state index in [2.05, 4.69) is 18.1 Å². The molecule has 0 amide bonds. The van der Waals surface area contributed by atoms with Crippen LogP contribution in [0.15, 0.2) is 6.07 Å². The van der Waals surface area contributed by atoms with Crippen LogP contribution in [0.4, 0.5) is 0 Å². The van der Waals surface area contributed by atoms with Crippen LogP contribution in [0.5, 0.6) is 0 Å². The second-order valence-electron chi connectivity index (χ2n) is 3.78. The monoisotopic (exact) mass is 214 g/mol. The second kappa shape index (κ2) is 5.40. The molecule has 0 aliphatic rings. The van der Waals surface area contributed by atoms with E-state index in [4.69, 9.17) is 11.6 Å². The Morgan fingerprint density at radius 2 is 2.29 bits per heavy atom. The average molecular weight is 215 g/mol. The molecule has 0 aromatic carbocycles. The highest BCUT2D eigenvalue weighted by Gasteiger charge is 2.04. The Hall–Kier alpha value is -0.500. The molecule has 1 unspecified atom stereocenters. The van der Waals surface area contributed by atoms with E-state index in [1.54, 1.807) is 0 Å². The SMILES string of the molecule is CCc1cc(CCCC(C)Cl)n(C)n1. The smallest absolute Gasteiger partial charge is 0.0624 e. The predicted octanol–water partition coefficient (Wildman–Crippen LogP) is 2.93. The largest absolute Gasteiger partial charge is 0.272 e. The highest BCUT2D eigenvalue weighted by atomic mass is 35.5. The van der Waals surface area contributed by atoms with Crippen molar-refractivity contribution in [3.05, 3.63) is 17.5 Å². The van der Waals surface area contributed by atoms with Gasteiger partial charge >= 0.3 is 0 Å². The van der Waals surface area contributed by atoms with Gasteiger partial charge in [0, 0.05) is 18.1 Å². The van der Waals surface area contributed by atoms with Gasteiger partial charge in [0.1, 0.15) is 0 Å². The minimum atomic E-state index is 0.286. The van der Waals surface area contributed by atoms with Crippen LogP contribution in [0.25, 0.3) is 0 Å². The molecule has 1 aromatic heterocycles. The third-order valence-electron chi connectivity index (χ3n) is 2.42. The van der Waals surface area contributed by atoms with Crippen LogP contribution < -0.4 is 0 Å². The molecular formula is C11H19ClN2. The number of rotatable bonds is 5. The highest BCUT2D eigenvalue weighted by Crippen LogP contribution is 2.10. The molecule has 1 atom stereocenters. The number of aryl methyl sites for hydroxylation is 3. The van der Waals surface area contributed by atoms with E-state index in [9.17, 15) is 0 Å². The fourth-order valence-electron chi connectivity index (χ4n) is 1.54. The zero-order valence-corrected chi connectivity index (χ0v) is 10.0. The Morgan fingerprint density at radius 1 is 1.57 bits per heavy atom. The number of aromatic nitrogens is 2. The van der Waals surface area contributed by atoms with Crippen molar-refractivity contribution in [3.63, 3.8) is 0 Å². The van der Waals surface area contributed by atoms with Crippen LogP contribution in [-0.2, 0) is 19.9 Å². The summed E-state index contributed by atoms with van der Waals surface area (Å²) in [7, 11) is 2.01. The van der Waals surface area contributed by atoms with E-state index in [1.165, 1.54) is 11.4 Å². The van der Waals surface area contributed by atoms with Gasteiger partial charge < -0.3 is 0 Å². The van der Waals surface area contributed by atoms with Crippen molar-refractivity contribution >= 4 is 11.6 Å². The Morgan fingerprint density at radius 3 is 2.79 bits per heavy atom. The van der Waals surface area contributed by atoms with Crippen molar-refractivity contribution in [2.75, 3.05) is 0 Å². The number of alkyl halides is 1. The maximum Gasteiger partial charge on any atom is 0.0624 e. The lowest BCUT2D eigenvalue weighted by atomic mass is 10.1. The quantitative estimate of drug-likeness (QED) is 0.690. The Balaban J connectivity index is 2.45. The number of hydrogen-bond donors (Lipinski definition) is 0. The van der Waals surface area contributed by atoms with Crippen LogP contribution in [0.3, 0.4) is 0 Å². The summed E-state index contributed by atoms with van der Waals surface area (Å²) in [5, 5.41) is 4.70. The van der Waals surface area contributed by atoms with E-state index in [-0.39, 0.29) is 5.38 Å². The van der Waals surface area contributed by atoms with Gasteiger partial charge in [-0.1, -0.05) is 6.92 Å². The summed E-state index contributed by atoms with van der Waals surface area (Å²) in [5.41, 5.74) is 2.50. The first kappa shape index (κ1) is 11.6. The zero-order valence-electron chi connectivity index (χ0n) is 9.26. The summed E-state index contributed by atoms with van der Waals surface area (Å²) in [5.74, 6) is 0. The summed E-state index contributed by atoms with van der Waals surface area (Å²) < 4.78 is 1.98. The maximum atomic E-state index is 5.89. The van der Waals surface area contributed by atoms with Gasteiger partial charge in [-0.2, -0.15) is 5.10 Å². The molecule has 2 nitrogen and oxygen atoms in total. The number of hydrogen-bond acceptors (Lipinski definition) is 1. The molecule has 0 saturated heterocycles. The molecule has 80 valence electrons. The summed E-state index contributed by atoms with van der Waals surface area (Å²) in [6.07, 6.45) is 4.32. The fourth-order valence-corrected chi connectivity index (χ4v) is 1.70. The molecule has 0 saturated carbocycles. The molecule has 0 fully saturated rings. The summed E-state index contributed by atoms with van der Waals surface area (Å²) in [4.78, 5) is 0. The molecule has 0 N–H and O–H groups in total. The third kappa shape index (κ3) is 3.33. The molecule has 0 bridgehead atoms. The van der Waals surface area contributed by atoms with Crippen LogP contribution in [0.1, 0.15) is 38.1 Å². The fraction of sp³-hybridized carbons (Fsp3) is 0.727. The molecule has 0 spiro atoms. The number of nitrogens with zero attached hydrogens (tertiary/aromatic N) is 2. The summed E-state index contributed by atoms with van der Waals surface area (Å²) in [6.45, 7) is 4.18. The van der Waals surface area contributed by atoms with Crippen LogP contribution in [-0.4, -0.2) is 15.2 Å². The normalized spacial score (nSPS) is 13.1. The first-order valence-electron chi connectivity index (χ1n) is 5.29. The lowest BCUT2D eigenvalue weighted by Gasteiger charge is -2.02. The van der Waals surface area contributed by atoms with E-state index in [0.717, 1.165) is 25.7 Å². The van der Waals surface area contributed by atoms with Crippen molar-refractivity contribution in [2.45, 2.75) is 44.9 Å². The minimum absolute atomic E-state index is 0.286. The van der Waals surface area contributed by atoms with Gasteiger partial charge in [-0.15, -0.1) is 11.6 Å². The van der Waals surface area contributed by atoms with Crippen molar-refractivity contribution in [1.29, 1.82) is 0 Å². The van der Waals surface area contributed by atoms with Gasteiger partial charge in [-0.3, -0.25) is 4.68 Å². The molecule has 0 radical (unpaired) electrons. The van der Waals surface area contributed by atoms with Crippen molar-refractivity contribution in [3.8, 4) is 0 Å². The molecule has 0 aliphatic heterocycles. The third-order valence-corrected chi connectivity index (χ3v) is 2.64. The maximum absolute atomic E-state index is 5.89. The van der Waals surface area contributed by atoms with Crippen LogP contribution in [0, 0.1) is 0 Å². The van der Waals surface area contributed by atoms with Gasteiger partial charge in [-0.05, 0) is 38.7 Å². The summed E-state index contributed by atoms with van der Waals surface area (Å²) >= 11 is 5.89. The van der Waals surface area contributed by atoms with Gasteiger partial charge in [0.15, 0.2) is 0 Å². The van der Waals surface area contributed by atoms with Crippen molar-refractivity contribution in [2.24, 2.45) is 7.05 Å². The lowest BCUT2D eigenvalue weighted by molar-refractivity contribution is 0.651. The Labute approximate surface area is 91.3 Å². The first-order chi connectivity index (χ1) is 6.63. The molecule has 1 heterocycles. The molecule has 0 aliphatic carbocycles. The van der Waals surface area contributed by atoms with Crippen molar-refractivity contribution < 1.29 is 0 Å². The molecule has 1 aromatic rings. The van der Waals surface area contributed by atoms with Gasteiger partial charge in [0.05, 0.1) is 5.69 Å². The summed E-state index contributed by atoms with van der Waals surface area (Å²) in [6, 6.07) is 2.19. The van der Waals surface area contributed by atoms with E-state index in [1.807, 2.05) is 18.7 Å². The van der Waals surface area contributed by atoms with E-state index in [0.29, 0.717) is 0 Å². The molecule has 3 heteroatoms. The van der Waals surface area contributed by atoms with Gasteiger partial charge in [0.2, 0.25) is 0 Å². The lowest BCUT2D eigenvalue weighted by Crippen LogP contribution is -2.00. The van der Waals surface area contributed by atoms with Crippen molar-refractivity contribution in [1.82, 2.24) is 9.78 Å². The molecule has 14 heavy (non-hydrogen) atoms. The first-order valence-corrected chi connectivity index (χ1v) is 5.73. The minimum Gasteiger partial charge on any atom is -0.272 e. The molecular weight excluding hydrogens is 196 g/mol. The highest BCUT2D eigenvalue weighted by molar-refractivity contribution is 6.20. The van der Waals surface area contributed by atoms with Crippen LogP contribution in [0.2, 0.25) is 0 Å². The van der Waals surface area contributed by atoms with Crippen LogP contribution >= 0.6 is 11.6 Å². The Kier molecular flexibility index (Phi) is 4.46. The van der Waals surface area contributed by atoms with Gasteiger partial charge in [-0.25, -0.2) is 0 Å². The zero-order chi connectivity index (χ0) is 10.6. The Bertz CT molecular complexity index is 279. The average Bonchev–Trinajstić information content (AvgIpc) is 2.47.